The zero-order valence-corrected chi connectivity index (χ0v) is 75.2. The van der Waals surface area contributed by atoms with Gasteiger partial charge >= 0.3 is 349 Å². The van der Waals surface area contributed by atoms with E-state index in [0.29, 0.717) is 29.6 Å². The van der Waals surface area contributed by atoms with Crippen LogP contribution in [0.5, 0.6) is 0 Å². The van der Waals surface area contributed by atoms with Gasteiger partial charge in [0.15, 0.2) is 19.7 Å². The fraction of sp³-hybridized carbons (Fsp3) is 0.712. The third-order valence-corrected chi connectivity index (χ3v) is 50.7. The van der Waals surface area contributed by atoms with E-state index in [2.05, 4.69) is 31.9 Å². The average molecular weight is 1980 g/mol. The molecule has 3 unspecified atom stereocenters. The molecule has 0 spiro atoms. The van der Waals surface area contributed by atoms with E-state index in [9.17, 15) is 121 Å². The van der Waals surface area contributed by atoms with Crippen LogP contribution in [0.3, 0.4) is 0 Å². The van der Waals surface area contributed by atoms with Crippen molar-refractivity contribution in [3.63, 3.8) is 0 Å². The quantitative estimate of drug-likeness (QED) is 0.0393. The second-order valence-corrected chi connectivity index (χ2v) is 55.1. The molecule has 6 amide bonds. The van der Waals surface area contributed by atoms with Crippen LogP contribution in [-0.2, 0) is 94.2 Å². The number of rotatable bonds is 18. The molecule has 115 heavy (non-hydrogen) atoms. The first-order valence-corrected chi connectivity index (χ1v) is 54.8. The summed E-state index contributed by atoms with van der Waals surface area (Å²) < 4.78 is 136. The molecule has 0 radical (unpaired) electrons. The number of hydrogen-bond donors (Lipinski definition) is 12. The maximum absolute atomic E-state index is 12.7. The van der Waals surface area contributed by atoms with Crippen molar-refractivity contribution in [3.05, 3.63) is 68.5 Å². The van der Waals surface area contributed by atoms with Crippen LogP contribution >= 0.6 is 34.8 Å². The van der Waals surface area contributed by atoms with E-state index < -0.39 is 257 Å². The van der Waals surface area contributed by atoms with Gasteiger partial charge in [-0.2, -0.15) is 0 Å². The molecule has 12 aliphatic heterocycles. The molecule has 12 N–H and O–H groups in total. The Labute approximate surface area is 688 Å². The van der Waals surface area contributed by atoms with Crippen molar-refractivity contribution in [1.29, 1.82) is 0 Å². The predicted octanol–water partition coefficient (Wildman–Crippen LogP) is 0.946. The molecule has 9 saturated heterocycles. The number of sulfone groups is 3. The Balaban J connectivity index is 0.000000146. The fourth-order valence-electron chi connectivity index (χ4n) is 19.5. The third-order valence-electron chi connectivity index (χ3n) is 26.0. The average Bonchev–Trinajstić information content (AvgIpc) is 1.53. The third kappa shape index (κ3) is 12.9. The number of allylic oxidation sites excluding steroid dienone is 4. The summed E-state index contributed by atoms with van der Waals surface area (Å²) in [4.78, 5) is 109. The second-order valence-electron chi connectivity index (χ2n) is 33.1. The van der Waals surface area contributed by atoms with Crippen molar-refractivity contribution in [2.24, 2.45) is 53.3 Å². The van der Waals surface area contributed by atoms with Gasteiger partial charge in [-0.3, -0.25) is 19.2 Å². The van der Waals surface area contributed by atoms with Gasteiger partial charge in [0.25, 0.3) is 5.12 Å². The van der Waals surface area contributed by atoms with Gasteiger partial charge in [-0.05, 0) is 82.8 Å². The van der Waals surface area contributed by atoms with E-state index in [-0.39, 0.29) is 59.6 Å². The number of β-lactam (4-membered cyclic amide) rings is 6. The van der Waals surface area contributed by atoms with Gasteiger partial charge in [-0.15, -0.1) is 11.6 Å². The topological polar surface area (TPSA) is 552 Å². The molecule has 33 nitrogen and oxygen atoms in total. The number of aliphatic hydroxyl groups excluding tert-OH is 6. The Kier molecular flexibility index (Phi) is 26.3. The number of fused-ring (bicyclic) bond motifs is 6. The van der Waals surface area contributed by atoms with E-state index in [4.69, 9.17) is 34.8 Å². The normalized spacial score (nSPS) is 39.2. The Morgan fingerprint density at radius 2 is 0.904 bits per heavy atom. The Morgan fingerprint density at radius 3 is 1.31 bits per heavy atom. The number of aliphatic hydroxyl groups is 6. The summed E-state index contributed by atoms with van der Waals surface area (Å²) in [6.45, 7) is 16.3. The van der Waals surface area contributed by atoms with Crippen molar-refractivity contribution < 1.29 is 121 Å². The van der Waals surface area contributed by atoms with Crippen LogP contribution in [0.2, 0.25) is 12.1 Å². The van der Waals surface area contributed by atoms with Crippen LogP contribution in [0, 0.1) is 53.3 Å². The molecule has 12 heterocycles. The van der Waals surface area contributed by atoms with E-state index in [0.717, 1.165) is 50.4 Å². The van der Waals surface area contributed by atoms with Gasteiger partial charge in [0.05, 0.1) is 42.4 Å². The number of hydrogen-bond acceptors (Lipinski definition) is 27. The van der Waals surface area contributed by atoms with Crippen molar-refractivity contribution >= 4 is 157 Å². The fourth-order valence-corrected chi connectivity index (χ4v) is 44.0. The maximum atomic E-state index is 12.7. The summed E-state index contributed by atoms with van der Waals surface area (Å²) in [5.41, 5.74) is 1.87. The van der Waals surface area contributed by atoms with Gasteiger partial charge in [-0.25, -0.2) is 25.3 Å². The van der Waals surface area contributed by atoms with Gasteiger partial charge in [0.2, 0.25) is 41.8 Å². The molecule has 0 aromatic carbocycles. The number of carbonyl (C=O) groups excluding carboxylic acids is 9. The molecular weight excluding hydrogens is 1880 g/mol. The van der Waals surface area contributed by atoms with E-state index in [1.807, 2.05) is 36.5 Å². The SMILES string of the molecule is CC(C)[C@H](O)[C@]12C(=O)N[C@H]1C(CCCl)C(=O)S2(=O)=O.CC(C)[C@H](O)[C@]12C(=O)N[C@H]1C(CCCl)C(=O)[Se]2(=O)=O.CC(C)[C@H](O)[C@]12C(=O)N[C@H]1C(CCCl)C(=O)[Te]2(=O)=O.CC1=C(C)S(=O)(=O)[C@@]2([C@@H](O)[C@@H]3C=CCCC3)C(=O)N[C@@H]12.CC1=CS(=O)(=O)[C@@]2([C@@H](O)[C@@H]3C=CCCC3)C(=O)N[C@@H]12.CC1=C[Se](=O)(=O)[C@@]2([C@@H](O)[C@@H]3C=CCCC3)C(=O)N[C@@H]12. The molecular formula is C73H101Cl3N6O27S3Se2Te. The summed E-state index contributed by atoms with van der Waals surface area (Å²) in [6, 6.07) is -4.21. The monoisotopic (exact) mass is 1980 g/mol. The molecule has 42 heteroatoms. The second kappa shape index (κ2) is 32.6. The zero-order valence-electron chi connectivity index (χ0n) is 64.7. The number of carbonyl (C=O) groups is 9. The molecule has 3 aliphatic carbocycles. The molecule has 9 fully saturated rings. The molecule has 0 bridgehead atoms. The van der Waals surface area contributed by atoms with Gasteiger partial charge in [0.1, 0.15) is 0 Å². The number of amides is 6. The predicted molar refractivity (Wildman–Crippen MR) is 413 cm³/mol. The first kappa shape index (κ1) is 92.7. The number of nitrogens with one attached hydrogen (secondary N) is 6. The summed E-state index contributed by atoms with van der Waals surface area (Å²) in [5, 5.41) is 77.8. The Bertz CT molecular complexity index is 4670. The molecule has 0 saturated carbocycles. The summed E-state index contributed by atoms with van der Waals surface area (Å²) in [5.74, 6) is -8.20. The van der Waals surface area contributed by atoms with E-state index in [1.165, 1.54) is 11.9 Å². The first-order chi connectivity index (χ1) is 53.3. The van der Waals surface area contributed by atoms with Crippen LogP contribution < -0.4 is 31.9 Å². The van der Waals surface area contributed by atoms with Gasteiger partial charge in [-0.1, -0.05) is 38.2 Å². The number of halogens is 3. The Morgan fingerprint density at radius 1 is 0.478 bits per heavy atom. The molecule has 15 rings (SSSR count). The van der Waals surface area contributed by atoms with Crippen molar-refractivity contribution in [2.75, 3.05) is 17.6 Å². The van der Waals surface area contributed by atoms with Crippen molar-refractivity contribution in [2.45, 2.75) is 245 Å². The molecule has 0 aromatic heterocycles. The van der Waals surface area contributed by atoms with Crippen molar-refractivity contribution in [1.82, 2.24) is 31.9 Å². The summed E-state index contributed by atoms with van der Waals surface area (Å²) >= 11 is 1.28. The Hall–Kier alpha value is -4.62. The van der Waals surface area contributed by atoms with Crippen LogP contribution in [0.15, 0.2) is 68.5 Å². The molecule has 642 valence electrons. The van der Waals surface area contributed by atoms with E-state index >= 15 is 0 Å². The van der Waals surface area contributed by atoms with E-state index in [1.54, 1.807) is 62.3 Å². The summed E-state index contributed by atoms with van der Waals surface area (Å²) in [7, 11) is -11.9. The minimum absolute atomic E-state index is 0.117. The summed E-state index contributed by atoms with van der Waals surface area (Å²) in [6.07, 6.45) is 12.0. The first-order valence-electron chi connectivity index (χ1n) is 38.1. The van der Waals surface area contributed by atoms with Crippen LogP contribution in [0.1, 0.15) is 146 Å². The van der Waals surface area contributed by atoms with Crippen molar-refractivity contribution in [3.8, 4) is 0 Å². The number of alkyl halides is 3. The molecule has 15 aliphatic rings. The van der Waals surface area contributed by atoms with Crippen LogP contribution in [-0.4, -0.2) is 253 Å². The zero-order chi connectivity index (χ0) is 86.1. The standard InChI is InChI=1S/C14H19NO4S.C13H17NO4S.C13H17NO4Se.C11H16ClNO5S.C11H16ClNO5Se.C11H16ClNO5Te/c1-8-9(2)20(18,19)14(11(8)15-13(14)17)12(16)10-6-4-3-5-7-10;2*1-8-7-19(17,18)13(10(8)14-12(13)16)11(15)9-5-3-2-4-6-9;3*1-5(2)8(14)11-7(13-10(11)16)6(3-4-12)9(15)19(11,17)18/h4,6,10-12,16H,3,5,7H2,1-2H3,(H,15,17);2*3,5,7,9-11,15H,2,4,6H2,1H3,(H,14,16);3*5-8,14H,3-4H2,1-2H3,(H,13,16)/t10-,11+,12+,14+;2*9-,10+,11+,13+;3*6?,7-,8-,11-/m111000/s1. The minimum atomic E-state index is -5.64. The van der Waals surface area contributed by atoms with Gasteiger partial charge in [0, 0.05) is 28.0 Å². The molecule has 0 aromatic rings. The van der Waals surface area contributed by atoms with Crippen LogP contribution in [0.4, 0.5) is 0 Å². The molecule has 24 atom stereocenters. The van der Waals surface area contributed by atoms with Gasteiger partial charge < -0.3 is 31.3 Å². The van der Waals surface area contributed by atoms with Crippen LogP contribution in [0.25, 0.3) is 0 Å².